The largest absolute Gasteiger partial charge is 0.444 e. The Kier molecular flexibility index (Phi) is 8.75. The lowest BCUT2D eigenvalue weighted by Crippen LogP contribution is -2.44. The van der Waals surface area contributed by atoms with Crippen LogP contribution in [0, 0.1) is 11.6 Å². The first-order valence-corrected chi connectivity index (χ1v) is 17.1. The molecule has 1 unspecified atom stereocenters. The van der Waals surface area contributed by atoms with E-state index in [9.17, 15) is 18.3 Å². The van der Waals surface area contributed by atoms with Crippen LogP contribution in [0.2, 0.25) is 5.02 Å². The minimum atomic E-state index is -4.35. The highest BCUT2D eigenvalue weighted by Gasteiger charge is 2.31. The predicted octanol–water partition coefficient (Wildman–Crippen LogP) is 6.82. The van der Waals surface area contributed by atoms with E-state index in [2.05, 4.69) is 20.0 Å². The highest BCUT2D eigenvalue weighted by Crippen LogP contribution is 2.39. The Balaban J connectivity index is 1.19. The zero-order valence-corrected chi connectivity index (χ0v) is 27.6. The molecule has 1 saturated heterocycles. The fraction of sp³-hybridized carbons (Fsp3) is 0.364. The van der Waals surface area contributed by atoms with E-state index in [0.717, 1.165) is 12.1 Å². The number of halogens is 3. The molecule has 3 N–H and O–H groups in total. The fourth-order valence-corrected chi connectivity index (χ4v) is 7.62. The molecule has 4 aromatic rings. The molecule has 1 fully saturated rings. The standard InChI is InChI=1S/C33H34ClF2N5O5S/c1-33(2,3)46-32(43)41-12-10-21(11-13-41)38-31-37-17-19-14-18(4-7-25(19)39-31)29-24(35)6-8-26(30(29)36)40-47(44,45)28-16-20(34)15-23-22(28)5-9-27(23)42/h4,6-8,14-17,21,27,40,42H,5,9-13H2,1-3H3,(H,37,38,39). The van der Waals surface area contributed by atoms with Gasteiger partial charge in [-0.2, -0.15) is 0 Å². The number of aromatic nitrogens is 2. The van der Waals surface area contributed by atoms with Crippen LogP contribution in [0.4, 0.5) is 25.2 Å². The number of aliphatic hydroxyl groups excluding tert-OH is 1. The van der Waals surface area contributed by atoms with Crippen LogP contribution >= 0.6 is 11.6 Å². The van der Waals surface area contributed by atoms with Crippen molar-refractivity contribution in [3.05, 3.63) is 76.4 Å². The van der Waals surface area contributed by atoms with Gasteiger partial charge in [-0.25, -0.2) is 32.0 Å². The fourth-order valence-electron chi connectivity index (χ4n) is 5.94. The van der Waals surface area contributed by atoms with Gasteiger partial charge in [0.15, 0.2) is 5.82 Å². The molecular formula is C33H34ClF2N5O5S. The number of likely N-dealkylation sites (tertiary alicyclic amines) is 1. The van der Waals surface area contributed by atoms with Crippen LogP contribution in [0.1, 0.15) is 57.3 Å². The van der Waals surface area contributed by atoms with E-state index in [0.29, 0.717) is 66.8 Å². The Labute approximate surface area is 276 Å². The number of fused-ring (bicyclic) bond motifs is 2. The van der Waals surface area contributed by atoms with Gasteiger partial charge in [0, 0.05) is 35.7 Å². The van der Waals surface area contributed by atoms with E-state index < -0.39 is 44.6 Å². The summed E-state index contributed by atoms with van der Waals surface area (Å²) in [6.45, 7) is 6.54. The van der Waals surface area contributed by atoms with E-state index in [-0.39, 0.29) is 27.6 Å². The minimum absolute atomic E-state index is 0.0400. The number of benzene rings is 3. The van der Waals surface area contributed by atoms with Crippen molar-refractivity contribution in [3.63, 3.8) is 0 Å². The lowest BCUT2D eigenvalue weighted by Gasteiger charge is -2.33. The summed E-state index contributed by atoms with van der Waals surface area (Å²) in [6.07, 6.45) is 2.37. The second-order valence-electron chi connectivity index (χ2n) is 12.8. The van der Waals surface area contributed by atoms with E-state index in [4.69, 9.17) is 16.3 Å². The van der Waals surface area contributed by atoms with Crippen molar-refractivity contribution >= 4 is 50.3 Å². The first-order valence-electron chi connectivity index (χ1n) is 15.2. The van der Waals surface area contributed by atoms with Gasteiger partial charge in [-0.15, -0.1) is 0 Å². The number of hydrogen-bond donors (Lipinski definition) is 3. The monoisotopic (exact) mass is 685 g/mol. The number of hydrogen-bond acceptors (Lipinski definition) is 8. The van der Waals surface area contributed by atoms with Crippen LogP contribution in [0.15, 0.2) is 53.6 Å². The highest BCUT2D eigenvalue weighted by atomic mass is 35.5. The molecule has 0 bridgehead atoms. The van der Waals surface area contributed by atoms with Gasteiger partial charge in [0.05, 0.1) is 27.8 Å². The summed E-state index contributed by atoms with van der Waals surface area (Å²) >= 11 is 6.14. The van der Waals surface area contributed by atoms with Gasteiger partial charge in [-0.1, -0.05) is 17.7 Å². The topological polar surface area (TPSA) is 134 Å². The van der Waals surface area contributed by atoms with Gasteiger partial charge in [0.25, 0.3) is 10.0 Å². The van der Waals surface area contributed by atoms with Crippen molar-refractivity contribution in [2.45, 2.75) is 69.1 Å². The molecule has 3 aromatic carbocycles. The van der Waals surface area contributed by atoms with Crippen LogP contribution in [0.5, 0.6) is 0 Å². The molecule has 1 aliphatic carbocycles. The minimum Gasteiger partial charge on any atom is -0.444 e. The lowest BCUT2D eigenvalue weighted by atomic mass is 10.0. The van der Waals surface area contributed by atoms with Gasteiger partial charge >= 0.3 is 6.09 Å². The van der Waals surface area contributed by atoms with Crippen molar-refractivity contribution in [2.75, 3.05) is 23.1 Å². The summed E-state index contributed by atoms with van der Waals surface area (Å²) in [5.74, 6) is -1.59. The smallest absolute Gasteiger partial charge is 0.410 e. The summed E-state index contributed by atoms with van der Waals surface area (Å²) in [6, 6.07) is 9.46. The van der Waals surface area contributed by atoms with E-state index in [1.807, 2.05) is 20.8 Å². The average molecular weight is 686 g/mol. The van der Waals surface area contributed by atoms with Crippen molar-refractivity contribution in [2.24, 2.45) is 0 Å². The number of piperidine rings is 1. The van der Waals surface area contributed by atoms with Gasteiger partial charge in [-0.05, 0) is 99.5 Å². The van der Waals surface area contributed by atoms with E-state index in [1.54, 1.807) is 17.2 Å². The molecule has 6 rings (SSSR count). The van der Waals surface area contributed by atoms with Crippen LogP contribution < -0.4 is 10.0 Å². The maximum Gasteiger partial charge on any atom is 0.410 e. The van der Waals surface area contributed by atoms with Crippen LogP contribution in [-0.2, 0) is 21.2 Å². The van der Waals surface area contributed by atoms with Gasteiger partial charge in [0.2, 0.25) is 5.95 Å². The first-order chi connectivity index (χ1) is 22.2. The van der Waals surface area contributed by atoms with Crippen molar-refractivity contribution in [1.29, 1.82) is 0 Å². The maximum atomic E-state index is 15.9. The molecule has 0 spiro atoms. The Morgan fingerprint density at radius 3 is 2.55 bits per heavy atom. The zero-order valence-electron chi connectivity index (χ0n) is 26.0. The molecule has 1 atom stereocenters. The molecule has 1 aliphatic heterocycles. The molecule has 248 valence electrons. The number of nitrogens with one attached hydrogen (secondary N) is 2. The van der Waals surface area contributed by atoms with Crippen molar-refractivity contribution < 1.29 is 31.8 Å². The van der Waals surface area contributed by atoms with Crippen molar-refractivity contribution in [3.8, 4) is 11.1 Å². The number of amides is 1. The number of nitrogens with zero attached hydrogens (tertiary/aromatic N) is 3. The number of carbonyl (C=O) groups excluding carboxylic acids is 1. The molecule has 0 saturated carbocycles. The molecule has 47 heavy (non-hydrogen) atoms. The Morgan fingerprint density at radius 1 is 1.09 bits per heavy atom. The third-order valence-electron chi connectivity index (χ3n) is 8.21. The molecule has 1 amide bonds. The maximum absolute atomic E-state index is 15.9. The van der Waals surface area contributed by atoms with E-state index >= 15 is 8.78 Å². The summed E-state index contributed by atoms with van der Waals surface area (Å²) in [5.41, 5.74) is 0.100. The number of anilines is 2. The highest BCUT2D eigenvalue weighted by molar-refractivity contribution is 7.92. The van der Waals surface area contributed by atoms with Crippen LogP contribution in [-0.4, -0.2) is 59.2 Å². The molecular weight excluding hydrogens is 652 g/mol. The first kappa shape index (κ1) is 32.9. The summed E-state index contributed by atoms with van der Waals surface area (Å²) in [4.78, 5) is 22.8. The Morgan fingerprint density at radius 2 is 1.83 bits per heavy atom. The predicted molar refractivity (Wildman–Crippen MR) is 175 cm³/mol. The second kappa shape index (κ2) is 12.5. The molecule has 2 heterocycles. The summed E-state index contributed by atoms with van der Waals surface area (Å²) in [7, 11) is -4.35. The molecule has 2 aliphatic rings. The normalized spacial score (nSPS) is 17.1. The van der Waals surface area contributed by atoms with Crippen LogP contribution in [0.3, 0.4) is 0 Å². The number of carbonyl (C=O) groups is 1. The second-order valence-corrected chi connectivity index (χ2v) is 14.9. The number of sulfonamides is 1. The molecule has 10 nitrogen and oxygen atoms in total. The summed E-state index contributed by atoms with van der Waals surface area (Å²) < 4.78 is 65.4. The van der Waals surface area contributed by atoms with Crippen molar-refractivity contribution in [1.82, 2.24) is 14.9 Å². The van der Waals surface area contributed by atoms with Gasteiger partial charge in [-0.3, -0.25) is 4.72 Å². The Hall–Kier alpha value is -4.07. The molecule has 1 aromatic heterocycles. The summed E-state index contributed by atoms with van der Waals surface area (Å²) in [5, 5.41) is 14.2. The molecule has 14 heteroatoms. The quantitative estimate of drug-likeness (QED) is 0.201. The van der Waals surface area contributed by atoms with Gasteiger partial charge in [0.1, 0.15) is 11.4 Å². The third kappa shape index (κ3) is 6.97. The van der Waals surface area contributed by atoms with Crippen LogP contribution in [0.25, 0.3) is 22.0 Å². The third-order valence-corrected chi connectivity index (χ3v) is 9.86. The number of aliphatic hydroxyl groups is 1. The number of rotatable bonds is 6. The number of ether oxygens (including phenoxy) is 1. The average Bonchev–Trinajstić information content (AvgIpc) is 3.37. The Bertz CT molecular complexity index is 1980. The zero-order chi connectivity index (χ0) is 33.7. The SMILES string of the molecule is CC(C)(C)OC(=O)N1CCC(Nc2ncc3cc(-c4c(F)ccc(NS(=O)(=O)c5cc(Cl)cc6c5CCC6O)c4F)ccc3n2)CC1. The van der Waals surface area contributed by atoms with Gasteiger partial charge < -0.3 is 20.1 Å². The van der Waals surface area contributed by atoms with E-state index in [1.165, 1.54) is 24.3 Å². The molecule has 0 radical (unpaired) electrons. The lowest BCUT2D eigenvalue weighted by molar-refractivity contribution is 0.0210.